The van der Waals surface area contributed by atoms with Gasteiger partial charge in [-0.1, -0.05) is 66.4 Å². The molecule has 0 aliphatic carbocycles. The SMILES string of the molecule is CCCCC(CCCC)N(C(=O)CC(C)(C)C)c1cc(C)ccc1F. The Hall–Kier alpha value is -1.38. The second-order valence-electron chi connectivity index (χ2n) is 8.39. The van der Waals surface area contributed by atoms with Gasteiger partial charge in [0.05, 0.1) is 5.69 Å². The first kappa shape index (κ1) is 21.7. The summed E-state index contributed by atoms with van der Waals surface area (Å²) in [5.74, 6) is -0.264. The first-order valence-corrected chi connectivity index (χ1v) is 9.77. The topological polar surface area (TPSA) is 20.3 Å². The molecule has 1 aromatic carbocycles. The van der Waals surface area contributed by atoms with Crippen molar-refractivity contribution in [1.82, 2.24) is 0 Å². The maximum absolute atomic E-state index is 14.6. The number of hydrogen-bond acceptors (Lipinski definition) is 1. The molecule has 1 amide bonds. The van der Waals surface area contributed by atoms with Crippen LogP contribution in [0.5, 0.6) is 0 Å². The van der Waals surface area contributed by atoms with Crippen LogP contribution in [0, 0.1) is 18.2 Å². The smallest absolute Gasteiger partial charge is 0.227 e. The molecule has 2 nitrogen and oxygen atoms in total. The van der Waals surface area contributed by atoms with Crippen molar-refractivity contribution in [2.45, 2.75) is 92.5 Å². The molecule has 0 saturated carbocycles. The van der Waals surface area contributed by atoms with E-state index in [1.165, 1.54) is 6.07 Å². The number of carbonyl (C=O) groups excluding carboxylic acids is 1. The van der Waals surface area contributed by atoms with Gasteiger partial charge in [-0.25, -0.2) is 4.39 Å². The van der Waals surface area contributed by atoms with Gasteiger partial charge in [0, 0.05) is 12.5 Å². The van der Waals surface area contributed by atoms with Crippen LogP contribution < -0.4 is 4.90 Å². The van der Waals surface area contributed by atoms with E-state index in [-0.39, 0.29) is 23.2 Å². The summed E-state index contributed by atoms with van der Waals surface area (Å²) in [5, 5.41) is 0. The molecular weight excluding hydrogens is 313 g/mol. The Labute approximate surface area is 153 Å². The van der Waals surface area contributed by atoms with E-state index in [1.54, 1.807) is 11.0 Å². The van der Waals surface area contributed by atoms with Crippen LogP contribution in [0.15, 0.2) is 18.2 Å². The zero-order valence-electron chi connectivity index (χ0n) is 17.0. The Morgan fingerprint density at radius 1 is 1.12 bits per heavy atom. The van der Waals surface area contributed by atoms with Crippen LogP contribution >= 0.6 is 0 Å². The van der Waals surface area contributed by atoms with Crippen molar-refractivity contribution in [1.29, 1.82) is 0 Å². The summed E-state index contributed by atoms with van der Waals surface area (Å²) in [6.45, 7) is 12.4. The Bertz CT molecular complexity index is 539. The van der Waals surface area contributed by atoms with Gasteiger partial charge in [0.25, 0.3) is 0 Å². The average molecular weight is 350 g/mol. The van der Waals surface area contributed by atoms with E-state index in [0.717, 1.165) is 44.1 Å². The highest BCUT2D eigenvalue weighted by Crippen LogP contribution is 2.30. The molecule has 0 aromatic heterocycles. The van der Waals surface area contributed by atoms with Crippen LogP contribution in [0.2, 0.25) is 0 Å². The van der Waals surface area contributed by atoms with Crippen LogP contribution in [0.3, 0.4) is 0 Å². The number of carbonyl (C=O) groups is 1. The first-order chi connectivity index (χ1) is 11.7. The number of amides is 1. The van der Waals surface area contributed by atoms with Crippen molar-refractivity contribution in [3.63, 3.8) is 0 Å². The second kappa shape index (κ2) is 9.94. The van der Waals surface area contributed by atoms with Gasteiger partial charge < -0.3 is 4.90 Å². The number of hydrogen-bond donors (Lipinski definition) is 0. The lowest BCUT2D eigenvalue weighted by Gasteiger charge is -2.34. The number of aryl methyl sites for hydroxylation is 1. The molecule has 0 radical (unpaired) electrons. The van der Waals surface area contributed by atoms with Crippen molar-refractivity contribution in [3.05, 3.63) is 29.6 Å². The van der Waals surface area contributed by atoms with E-state index in [0.29, 0.717) is 12.1 Å². The van der Waals surface area contributed by atoms with Crippen molar-refractivity contribution in [3.8, 4) is 0 Å². The zero-order chi connectivity index (χ0) is 19.0. The summed E-state index contributed by atoms with van der Waals surface area (Å²) in [5.41, 5.74) is 1.32. The number of rotatable bonds is 9. The minimum atomic E-state index is -0.300. The molecule has 25 heavy (non-hydrogen) atoms. The summed E-state index contributed by atoms with van der Waals surface area (Å²) in [7, 11) is 0. The number of nitrogens with zero attached hydrogens (tertiary/aromatic N) is 1. The highest BCUT2D eigenvalue weighted by atomic mass is 19.1. The minimum Gasteiger partial charge on any atom is -0.307 e. The molecule has 3 heteroatoms. The monoisotopic (exact) mass is 349 g/mol. The molecule has 1 aromatic rings. The van der Waals surface area contributed by atoms with Crippen molar-refractivity contribution >= 4 is 11.6 Å². The molecule has 142 valence electrons. The standard InChI is InChI=1S/C22H36FNO/c1-7-9-11-18(12-10-8-2)24(21(25)16-22(4,5)6)20-15-17(3)13-14-19(20)23/h13-15,18H,7-12,16H2,1-6H3. The first-order valence-electron chi connectivity index (χ1n) is 9.77. The van der Waals surface area contributed by atoms with Crippen molar-refractivity contribution in [2.75, 3.05) is 4.90 Å². The van der Waals surface area contributed by atoms with Gasteiger partial charge in [0.15, 0.2) is 0 Å². The largest absolute Gasteiger partial charge is 0.307 e. The Balaban J connectivity index is 3.27. The fourth-order valence-electron chi connectivity index (χ4n) is 3.16. The van der Waals surface area contributed by atoms with Crippen molar-refractivity contribution < 1.29 is 9.18 Å². The number of anilines is 1. The fraction of sp³-hybridized carbons (Fsp3) is 0.682. The maximum Gasteiger partial charge on any atom is 0.227 e. The third-order valence-corrected chi connectivity index (χ3v) is 4.46. The third-order valence-electron chi connectivity index (χ3n) is 4.46. The lowest BCUT2D eigenvalue weighted by Crippen LogP contribution is -2.42. The summed E-state index contributed by atoms with van der Waals surface area (Å²) in [6.07, 6.45) is 6.57. The predicted molar refractivity (Wildman–Crippen MR) is 106 cm³/mol. The lowest BCUT2D eigenvalue weighted by atomic mass is 9.90. The highest BCUT2D eigenvalue weighted by molar-refractivity contribution is 5.94. The minimum absolute atomic E-state index is 0.0363. The van der Waals surface area contributed by atoms with E-state index in [1.807, 2.05) is 13.0 Å². The van der Waals surface area contributed by atoms with E-state index in [4.69, 9.17) is 0 Å². The molecule has 0 spiro atoms. The van der Waals surface area contributed by atoms with Crippen LogP contribution in [-0.4, -0.2) is 11.9 Å². The Morgan fingerprint density at radius 3 is 2.16 bits per heavy atom. The molecule has 1 rings (SSSR count). The summed E-state index contributed by atoms with van der Waals surface area (Å²) < 4.78 is 14.6. The summed E-state index contributed by atoms with van der Waals surface area (Å²) >= 11 is 0. The maximum atomic E-state index is 14.6. The molecule has 0 aliphatic heterocycles. The molecule has 0 N–H and O–H groups in total. The molecule has 0 atom stereocenters. The molecule has 0 bridgehead atoms. The van der Waals surface area contributed by atoms with E-state index in [9.17, 15) is 9.18 Å². The van der Waals surface area contributed by atoms with Gasteiger partial charge in [0.1, 0.15) is 5.82 Å². The van der Waals surface area contributed by atoms with Gasteiger partial charge in [-0.2, -0.15) is 0 Å². The Kier molecular flexibility index (Phi) is 8.61. The van der Waals surface area contributed by atoms with E-state index in [2.05, 4.69) is 34.6 Å². The molecule has 0 aliphatic rings. The number of halogens is 1. The molecule has 0 unspecified atom stereocenters. The molecular formula is C22H36FNO. The van der Waals surface area contributed by atoms with Gasteiger partial charge in [-0.15, -0.1) is 0 Å². The number of benzene rings is 1. The van der Waals surface area contributed by atoms with Gasteiger partial charge in [-0.3, -0.25) is 4.79 Å². The quantitative estimate of drug-likeness (QED) is 0.488. The number of unbranched alkanes of at least 4 members (excludes halogenated alkanes) is 2. The van der Waals surface area contributed by atoms with Crippen LogP contribution in [0.25, 0.3) is 0 Å². The van der Waals surface area contributed by atoms with Gasteiger partial charge >= 0.3 is 0 Å². The summed E-state index contributed by atoms with van der Waals surface area (Å²) in [4.78, 5) is 14.9. The van der Waals surface area contributed by atoms with Crippen molar-refractivity contribution in [2.24, 2.45) is 5.41 Å². The van der Waals surface area contributed by atoms with Crippen LogP contribution in [-0.2, 0) is 4.79 Å². The molecule has 0 saturated heterocycles. The van der Waals surface area contributed by atoms with Crippen LogP contribution in [0.4, 0.5) is 10.1 Å². The Morgan fingerprint density at radius 2 is 1.68 bits per heavy atom. The highest BCUT2D eigenvalue weighted by Gasteiger charge is 2.29. The van der Waals surface area contributed by atoms with E-state index < -0.39 is 0 Å². The van der Waals surface area contributed by atoms with Gasteiger partial charge in [0.2, 0.25) is 5.91 Å². The predicted octanol–water partition coefficient (Wildman–Crippen LogP) is 6.65. The van der Waals surface area contributed by atoms with Crippen LogP contribution in [0.1, 0.15) is 85.1 Å². The van der Waals surface area contributed by atoms with Gasteiger partial charge in [-0.05, 0) is 42.9 Å². The second-order valence-corrected chi connectivity index (χ2v) is 8.39. The third kappa shape index (κ3) is 7.17. The molecule has 0 heterocycles. The lowest BCUT2D eigenvalue weighted by molar-refractivity contribution is -0.120. The average Bonchev–Trinajstić information content (AvgIpc) is 2.51. The summed E-state index contributed by atoms with van der Waals surface area (Å²) in [6, 6.07) is 5.14. The van der Waals surface area contributed by atoms with E-state index >= 15 is 0 Å². The molecule has 0 fully saturated rings. The normalized spacial score (nSPS) is 11.8. The zero-order valence-corrected chi connectivity index (χ0v) is 17.0. The fourth-order valence-corrected chi connectivity index (χ4v) is 3.16.